The Labute approximate surface area is 63.8 Å². The van der Waals surface area contributed by atoms with Gasteiger partial charge in [0.15, 0.2) is 0 Å². The van der Waals surface area contributed by atoms with Gasteiger partial charge in [0.2, 0.25) is 5.79 Å². The summed E-state index contributed by atoms with van der Waals surface area (Å²) in [5, 5.41) is 35.9. The maximum atomic E-state index is 9.23. The number of aliphatic hydroxyl groups excluding tert-OH is 3. The summed E-state index contributed by atoms with van der Waals surface area (Å²) in [4.78, 5) is 0. The van der Waals surface area contributed by atoms with Crippen LogP contribution in [0.5, 0.6) is 0 Å². The highest BCUT2D eigenvalue weighted by molar-refractivity contribution is 4.83. The van der Waals surface area contributed by atoms with E-state index in [4.69, 9.17) is 15.3 Å². The Bertz CT molecular complexity index is 139. The smallest absolute Gasteiger partial charge is 0.216 e. The van der Waals surface area contributed by atoms with Gasteiger partial charge in [-0.05, 0) is 0 Å². The number of rotatable bonds is 1. The molecule has 0 aromatic carbocycles. The molecule has 5 heteroatoms. The van der Waals surface area contributed by atoms with Gasteiger partial charge in [0.05, 0.1) is 19.3 Å². The Morgan fingerprint density at radius 1 is 1.45 bits per heavy atom. The normalized spacial score (nSPS) is 45.8. The quantitative estimate of drug-likeness (QED) is 0.353. The van der Waals surface area contributed by atoms with Gasteiger partial charge in [-0.2, -0.15) is 0 Å². The van der Waals surface area contributed by atoms with E-state index < -0.39 is 24.6 Å². The lowest BCUT2D eigenvalue weighted by Crippen LogP contribution is -2.54. The lowest BCUT2D eigenvalue weighted by molar-refractivity contribution is -0.305. The molecular formula is C6H12O5. The van der Waals surface area contributed by atoms with Crippen molar-refractivity contribution >= 4 is 0 Å². The van der Waals surface area contributed by atoms with Gasteiger partial charge in [-0.15, -0.1) is 0 Å². The second kappa shape index (κ2) is 3.04. The van der Waals surface area contributed by atoms with Crippen LogP contribution < -0.4 is 0 Å². The van der Waals surface area contributed by atoms with Crippen LogP contribution in [0.3, 0.4) is 0 Å². The Balaban J connectivity index is 2.56. The van der Waals surface area contributed by atoms with Crippen LogP contribution in [0.15, 0.2) is 0 Å². The first-order valence-electron chi connectivity index (χ1n) is 3.42. The third kappa shape index (κ3) is 1.69. The minimum atomic E-state index is -1.89. The molecule has 0 bridgehead atoms. The summed E-state index contributed by atoms with van der Waals surface area (Å²) in [6.45, 7) is -0.727. The maximum Gasteiger partial charge on any atom is 0.216 e. The zero-order valence-electron chi connectivity index (χ0n) is 5.97. The molecule has 1 rings (SSSR count). The molecule has 0 aliphatic carbocycles. The van der Waals surface area contributed by atoms with Crippen molar-refractivity contribution in [3.8, 4) is 0 Å². The van der Waals surface area contributed by atoms with Crippen molar-refractivity contribution in [2.45, 2.75) is 24.4 Å². The molecule has 0 aromatic rings. The summed E-state index contributed by atoms with van der Waals surface area (Å²) in [7, 11) is 0. The van der Waals surface area contributed by atoms with E-state index in [0.29, 0.717) is 0 Å². The molecule has 66 valence electrons. The number of ether oxygens (including phenoxy) is 1. The molecule has 3 unspecified atom stereocenters. The summed E-state index contributed by atoms with van der Waals surface area (Å²) in [6, 6.07) is 0. The van der Waals surface area contributed by atoms with Gasteiger partial charge >= 0.3 is 0 Å². The van der Waals surface area contributed by atoms with Crippen molar-refractivity contribution < 1.29 is 25.2 Å². The molecule has 0 saturated carbocycles. The number of hydrogen-bond donors (Lipinski definition) is 4. The van der Waals surface area contributed by atoms with Crippen molar-refractivity contribution in [3.05, 3.63) is 0 Å². The van der Waals surface area contributed by atoms with Crippen molar-refractivity contribution in [2.75, 3.05) is 13.2 Å². The highest BCUT2D eigenvalue weighted by Crippen LogP contribution is 2.22. The van der Waals surface area contributed by atoms with Gasteiger partial charge in [0.25, 0.3) is 0 Å². The van der Waals surface area contributed by atoms with Crippen LogP contribution in [-0.4, -0.2) is 51.6 Å². The Morgan fingerprint density at radius 3 is 2.55 bits per heavy atom. The van der Waals surface area contributed by atoms with Crippen LogP contribution in [0.1, 0.15) is 6.42 Å². The van der Waals surface area contributed by atoms with Crippen LogP contribution in [0.2, 0.25) is 0 Å². The largest absolute Gasteiger partial charge is 0.391 e. The van der Waals surface area contributed by atoms with Crippen molar-refractivity contribution in [2.24, 2.45) is 0 Å². The SMILES string of the molecule is OCC1(O)OCC(O)CC1O. The monoisotopic (exact) mass is 164 g/mol. The summed E-state index contributed by atoms with van der Waals surface area (Å²) < 4.78 is 4.64. The van der Waals surface area contributed by atoms with Crippen LogP contribution in [0.25, 0.3) is 0 Å². The molecule has 3 atom stereocenters. The minimum Gasteiger partial charge on any atom is -0.391 e. The van der Waals surface area contributed by atoms with Crippen LogP contribution in [-0.2, 0) is 4.74 Å². The van der Waals surface area contributed by atoms with Crippen molar-refractivity contribution in [3.63, 3.8) is 0 Å². The van der Waals surface area contributed by atoms with Gasteiger partial charge in [-0.3, -0.25) is 0 Å². The third-order valence-electron chi connectivity index (χ3n) is 1.77. The summed E-state index contributed by atoms with van der Waals surface area (Å²) in [6.07, 6.45) is -1.97. The standard InChI is InChI=1S/C6H12O5/c7-3-6(10)5(9)1-4(8)2-11-6/h4-5,7-10H,1-3H2. The van der Waals surface area contributed by atoms with E-state index in [0.717, 1.165) is 0 Å². The van der Waals surface area contributed by atoms with Gasteiger partial charge < -0.3 is 25.2 Å². The predicted octanol–water partition coefficient (Wildman–Crippen LogP) is -2.19. The third-order valence-corrected chi connectivity index (χ3v) is 1.77. The molecular weight excluding hydrogens is 152 g/mol. The van der Waals surface area contributed by atoms with Gasteiger partial charge in [-0.1, -0.05) is 0 Å². The second-order valence-electron chi connectivity index (χ2n) is 2.72. The molecule has 1 aliphatic rings. The van der Waals surface area contributed by atoms with Crippen LogP contribution in [0.4, 0.5) is 0 Å². The lowest BCUT2D eigenvalue weighted by Gasteiger charge is -2.37. The van der Waals surface area contributed by atoms with Gasteiger partial charge in [-0.25, -0.2) is 0 Å². The van der Waals surface area contributed by atoms with E-state index in [-0.39, 0.29) is 13.0 Å². The first-order valence-corrected chi connectivity index (χ1v) is 3.42. The molecule has 1 aliphatic heterocycles. The topological polar surface area (TPSA) is 90.2 Å². The Hall–Kier alpha value is -0.200. The zero-order chi connectivity index (χ0) is 8.48. The molecule has 11 heavy (non-hydrogen) atoms. The van der Waals surface area contributed by atoms with Crippen LogP contribution >= 0.6 is 0 Å². The average molecular weight is 164 g/mol. The van der Waals surface area contributed by atoms with Crippen LogP contribution in [0, 0.1) is 0 Å². The van der Waals surface area contributed by atoms with Crippen molar-refractivity contribution in [1.82, 2.24) is 0 Å². The summed E-state index contributed by atoms with van der Waals surface area (Å²) in [5.41, 5.74) is 0. The van der Waals surface area contributed by atoms with E-state index in [1.807, 2.05) is 0 Å². The first kappa shape index (κ1) is 8.89. The van der Waals surface area contributed by atoms with Gasteiger partial charge in [0, 0.05) is 6.42 Å². The molecule has 1 fully saturated rings. The maximum absolute atomic E-state index is 9.23. The Morgan fingerprint density at radius 2 is 2.09 bits per heavy atom. The molecule has 1 saturated heterocycles. The predicted molar refractivity (Wildman–Crippen MR) is 34.6 cm³/mol. The lowest BCUT2D eigenvalue weighted by atomic mass is 10.0. The molecule has 0 radical (unpaired) electrons. The molecule has 4 N–H and O–H groups in total. The zero-order valence-corrected chi connectivity index (χ0v) is 5.97. The van der Waals surface area contributed by atoms with E-state index in [2.05, 4.69) is 4.74 Å². The molecule has 5 nitrogen and oxygen atoms in total. The molecule has 1 heterocycles. The first-order chi connectivity index (χ1) is 5.08. The van der Waals surface area contributed by atoms with Crippen molar-refractivity contribution in [1.29, 1.82) is 0 Å². The fourth-order valence-corrected chi connectivity index (χ4v) is 0.998. The van der Waals surface area contributed by atoms with E-state index in [9.17, 15) is 5.11 Å². The fourth-order valence-electron chi connectivity index (χ4n) is 0.998. The van der Waals surface area contributed by atoms with Gasteiger partial charge in [0.1, 0.15) is 6.10 Å². The van der Waals surface area contributed by atoms with E-state index in [1.165, 1.54) is 0 Å². The highest BCUT2D eigenvalue weighted by atomic mass is 16.7. The number of aliphatic hydroxyl groups is 4. The molecule has 0 aromatic heterocycles. The number of hydrogen-bond acceptors (Lipinski definition) is 5. The molecule has 0 amide bonds. The summed E-state index contributed by atoms with van der Waals surface area (Å²) in [5.74, 6) is -1.89. The highest BCUT2D eigenvalue weighted by Gasteiger charge is 2.41. The second-order valence-corrected chi connectivity index (χ2v) is 2.72. The minimum absolute atomic E-state index is 0.0249. The Kier molecular flexibility index (Phi) is 2.46. The summed E-state index contributed by atoms with van der Waals surface area (Å²) >= 11 is 0. The molecule has 0 spiro atoms. The fraction of sp³-hybridized carbons (Fsp3) is 1.00. The van der Waals surface area contributed by atoms with E-state index in [1.54, 1.807) is 0 Å². The van der Waals surface area contributed by atoms with E-state index >= 15 is 0 Å². The average Bonchev–Trinajstić information content (AvgIpc) is 1.98.